The molecule has 36 heavy (non-hydrogen) atoms. The average Bonchev–Trinajstić information content (AvgIpc) is 3.40. The number of carbonyl (C=O) groups excluding carboxylic acids is 1. The first kappa shape index (κ1) is 23.2. The van der Waals surface area contributed by atoms with Gasteiger partial charge in [-0.05, 0) is 54.4 Å². The summed E-state index contributed by atoms with van der Waals surface area (Å²) in [5, 5.41) is 6.43. The van der Waals surface area contributed by atoms with Crippen LogP contribution in [0.4, 0.5) is 5.69 Å². The Bertz CT molecular complexity index is 1490. The summed E-state index contributed by atoms with van der Waals surface area (Å²) in [7, 11) is 1.63. The van der Waals surface area contributed by atoms with Crippen molar-refractivity contribution in [3.05, 3.63) is 120 Å². The Labute approximate surface area is 210 Å². The second kappa shape index (κ2) is 10.4. The number of para-hydroxylation sites is 1. The summed E-state index contributed by atoms with van der Waals surface area (Å²) in [6.45, 7) is 3.10. The van der Waals surface area contributed by atoms with E-state index in [9.17, 15) is 4.79 Å². The molecule has 3 aromatic carbocycles. The summed E-state index contributed by atoms with van der Waals surface area (Å²) in [6, 6.07) is 25.9. The lowest BCUT2D eigenvalue weighted by molar-refractivity contribution is 0.0950. The molecule has 6 heteroatoms. The molecule has 0 bridgehead atoms. The van der Waals surface area contributed by atoms with Gasteiger partial charge in [0, 0.05) is 54.1 Å². The van der Waals surface area contributed by atoms with E-state index in [0.29, 0.717) is 18.7 Å². The highest BCUT2D eigenvalue weighted by atomic mass is 16.5. The third-order valence-corrected chi connectivity index (χ3v) is 6.21. The number of pyridine rings is 1. The predicted molar refractivity (Wildman–Crippen MR) is 143 cm³/mol. The average molecular weight is 477 g/mol. The highest BCUT2D eigenvalue weighted by Crippen LogP contribution is 2.24. The van der Waals surface area contributed by atoms with Crippen molar-refractivity contribution in [2.75, 3.05) is 12.4 Å². The number of anilines is 1. The SMILES string of the molecule is COc1ccccc1CNC(=O)c1ccc(NCc2cc(-c3ccc(C)cc3)cn3ccnc23)cc1. The molecule has 0 aliphatic heterocycles. The van der Waals surface area contributed by atoms with Crippen LogP contribution in [0.2, 0.25) is 0 Å². The van der Waals surface area contributed by atoms with E-state index in [2.05, 4.69) is 63.5 Å². The van der Waals surface area contributed by atoms with Crippen LogP contribution in [0.5, 0.6) is 5.75 Å². The molecule has 0 aliphatic rings. The molecule has 1 amide bonds. The Balaban J connectivity index is 1.26. The van der Waals surface area contributed by atoms with Crippen LogP contribution in [0.1, 0.15) is 27.0 Å². The number of carbonyl (C=O) groups is 1. The van der Waals surface area contributed by atoms with Crippen molar-refractivity contribution in [2.24, 2.45) is 0 Å². The number of aromatic nitrogens is 2. The summed E-state index contributed by atoms with van der Waals surface area (Å²) < 4.78 is 7.41. The summed E-state index contributed by atoms with van der Waals surface area (Å²) in [5.41, 5.74) is 8.03. The van der Waals surface area contributed by atoms with Gasteiger partial charge in [0.2, 0.25) is 0 Å². The molecule has 0 unspecified atom stereocenters. The molecule has 0 saturated heterocycles. The molecule has 0 atom stereocenters. The van der Waals surface area contributed by atoms with Gasteiger partial charge in [0.1, 0.15) is 11.4 Å². The molecule has 5 rings (SSSR count). The largest absolute Gasteiger partial charge is 0.496 e. The van der Waals surface area contributed by atoms with E-state index in [-0.39, 0.29) is 5.91 Å². The number of methoxy groups -OCH3 is 1. The van der Waals surface area contributed by atoms with Gasteiger partial charge in [-0.25, -0.2) is 4.98 Å². The summed E-state index contributed by atoms with van der Waals surface area (Å²) >= 11 is 0. The van der Waals surface area contributed by atoms with Gasteiger partial charge in [0.15, 0.2) is 0 Å². The molecule has 0 aliphatic carbocycles. The number of ether oxygens (including phenoxy) is 1. The number of imidazole rings is 1. The minimum atomic E-state index is -0.127. The smallest absolute Gasteiger partial charge is 0.251 e. The lowest BCUT2D eigenvalue weighted by Gasteiger charge is -2.12. The quantitative estimate of drug-likeness (QED) is 0.294. The number of hydrogen-bond donors (Lipinski definition) is 2. The lowest BCUT2D eigenvalue weighted by Crippen LogP contribution is -2.23. The molecule has 6 nitrogen and oxygen atoms in total. The topological polar surface area (TPSA) is 67.7 Å². The monoisotopic (exact) mass is 476 g/mol. The van der Waals surface area contributed by atoms with Crippen LogP contribution < -0.4 is 15.4 Å². The first-order chi connectivity index (χ1) is 17.6. The molecule has 0 fully saturated rings. The molecule has 0 saturated carbocycles. The van der Waals surface area contributed by atoms with Crippen molar-refractivity contribution < 1.29 is 9.53 Å². The van der Waals surface area contributed by atoms with E-state index in [0.717, 1.165) is 33.8 Å². The summed E-state index contributed by atoms with van der Waals surface area (Å²) in [5.74, 6) is 0.632. The van der Waals surface area contributed by atoms with Crippen LogP contribution in [0, 0.1) is 6.92 Å². The zero-order valence-corrected chi connectivity index (χ0v) is 20.4. The van der Waals surface area contributed by atoms with Crippen molar-refractivity contribution in [3.63, 3.8) is 0 Å². The van der Waals surface area contributed by atoms with Crippen LogP contribution in [0.25, 0.3) is 16.8 Å². The molecule has 2 N–H and O–H groups in total. The van der Waals surface area contributed by atoms with Crippen molar-refractivity contribution >= 4 is 17.2 Å². The maximum Gasteiger partial charge on any atom is 0.251 e. The molecular weight excluding hydrogens is 448 g/mol. The fourth-order valence-corrected chi connectivity index (χ4v) is 4.20. The zero-order valence-electron chi connectivity index (χ0n) is 20.4. The first-order valence-corrected chi connectivity index (χ1v) is 11.9. The van der Waals surface area contributed by atoms with Gasteiger partial charge in [-0.3, -0.25) is 4.79 Å². The van der Waals surface area contributed by atoms with Crippen molar-refractivity contribution in [2.45, 2.75) is 20.0 Å². The normalized spacial score (nSPS) is 10.8. The van der Waals surface area contributed by atoms with E-state index in [4.69, 9.17) is 4.74 Å². The van der Waals surface area contributed by atoms with Crippen LogP contribution in [0.3, 0.4) is 0 Å². The Morgan fingerprint density at radius 2 is 1.69 bits per heavy atom. The first-order valence-electron chi connectivity index (χ1n) is 11.9. The number of nitrogens with zero attached hydrogens (tertiary/aromatic N) is 2. The molecule has 0 radical (unpaired) electrons. The Kier molecular flexibility index (Phi) is 6.67. The van der Waals surface area contributed by atoms with Gasteiger partial charge in [-0.1, -0.05) is 48.0 Å². The van der Waals surface area contributed by atoms with Crippen LogP contribution >= 0.6 is 0 Å². The number of hydrogen-bond acceptors (Lipinski definition) is 4. The summed E-state index contributed by atoms with van der Waals surface area (Å²) in [4.78, 5) is 17.2. The maximum absolute atomic E-state index is 12.6. The second-order valence-electron chi connectivity index (χ2n) is 8.70. The van der Waals surface area contributed by atoms with E-state index >= 15 is 0 Å². The van der Waals surface area contributed by atoms with E-state index in [1.54, 1.807) is 7.11 Å². The number of rotatable bonds is 8. The number of fused-ring (bicyclic) bond motifs is 1. The van der Waals surface area contributed by atoms with Crippen molar-refractivity contribution in [1.82, 2.24) is 14.7 Å². The van der Waals surface area contributed by atoms with Crippen LogP contribution in [0.15, 0.2) is 97.5 Å². The fourth-order valence-electron chi connectivity index (χ4n) is 4.20. The van der Waals surface area contributed by atoms with Crippen molar-refractivity contribution in [1.29, 1.82) is 0 Å². The Morgan fingerprint density at radius 1 is 0.917 bits per heavy atom. The molecule has 2 aromatic heterocycles. The van der Waals surface area contributed by atoms with Gasteiger partial charge < -0.3 is 19.8 Å². The minimum absolute atomic E-state index is 0.127. The fraction of sp³-hybridized carbons (Fsp3) is 0.133. The molecule has 2 heterocycles. The zero-order chi connectivity index (χ0) is 24.9. The number of aryl methyl sites for hydroxylation is 1. The number of benzene rings is 3. The number of nitrogens with one attached hydrogen (secondary N) is 2. The Hall–Kier alpha value is -4.58. The molecule has 0 spiro atoms. The van der Waals surface area contributed by atoms with E-state index < -0.39 is 0 Å². The van der Waals surface area contributed by atoms with Crippen LogP contribution in [-0.4, -0.2) is 22.4 Å². The standard InChI is InChI=1S/C30H28N4O2/c1-21-7-9-22(10-8-21)26-17-25(29-31-15-16-34(29)20-26)19-32-27-13-11-23(12-14-27)30(35)33-18-24-5-3-4-6-28(24)36-2/h3-17,20,32H,18-19H2,1-2H3,(H,33,35). The minimum Gasteiger partial charge on any atom is -0.496 e. The second-order valence-corrected chi connectivity index (χ2v) is 8.70. The highest BCUT2D eigenvalue weighted by molar-refractivity contribution is 5.94. The third kappa shape index (κ3) is 5.08. The number of amides is 1. The van der Waals surface area contributed by atoms with Gasteiger partial charge in [0.05, 0.1) is 7.11 Å². The molecule has 5 aromatic rings. The van der Waals surface area contributed by atoms with Crippen molar-refractivity contribution in [3.8, 4) is 16.9 Å². The molecular formula is C30H28N4O2. The third-order valence-electron chi connectivity index (χ3n) is 6.21. The summed E-state index contributed by atoms with van der Waals surface area (Å²) in [6.07, 6.45) is 5.89. The lowest BCUT2D eigenvalue weighted by atomic mass is 10.0. The Morgan fingerprint density at radius 3 is 2.47 bits per heavy atom. The van der Waals surface area contributed by atoms with Gasteiger partial charge >= 0.3 is 0 Å². The van der Waals surface area contributed by atoms with Gasteiger partial charge in [-0.2, -0.15) is 0 Å². The predicted octanol–water partition coefficient (Wildman–Crippen LogP) is 5.86. The maximum atomic E-state index is 12.6. The highest BCUT2D eigenvalue weighted by Gasteiger charge is 2.10. The van der Waals surface area contributed by atoms with E-state index in [1.165, 1.54) is 11.1 Å². The van der Waals surface area contributed by atoms with E-state index in [1.807, 2.05) is 60.9 Å². The van der Waals surface area contributed by atoms with Gasteiger partial charge in [-0.15, -0.1) is 0 Å². The molecule has 180 valence electrons. The van der Waals surface area contributed by atoms with Gasteiger partial charge in [0.25, 0.3) is 5.91 Å². The van der Waals surface area contributed by atoms with Crippen LogP contribution in [-0.2, 0) is 13.1 Å².